The number of hydrogen-bond donors (Lipinski definition) is 4. The summed E-state index contributed by atoms with van der Waals surface area (Å²) in [6.07, 6.45) is 12.6. The van der Waals surface area contributed by atoms with Gasteiger partial charge in [-0.05, 0) is 222 Å². The molecule has 2 amide bonds. The zero-order chi connectivity index (χ0) is 62.6. The second-order valence-corrected chi connectivity index (χ2v) is 32.4. The molecule has 0 radical (unpaired) electrons. The van der Waals surface area contributed by atoms with E-state index in [0.717, 1.165) is 75.6 Å². The smallest absolute Gasteiger partial charge is 0.264 e. The molecule has 472 valence electrons. The highest BCUT2D eigenvalue weighted by Gasteiger charge is 2.51. The number of ether oxygens (including phenoxy) is 2. The predicted molar refractivity (Wildman–Crippen MR) is 341 cm³/mol. The first-order valence-electron chi connectivity index (χ1n) is 31.8. The van der Waals surface area contributed by atoms with Crippen molar-refractivity contribution in [2.45, 2.75) is 176 Å². The van der Waals surface area contributed by atoms with Crippen molar-refractivity contribution in [2.24, 2.45) is 35.5 Å². The molecule has 88 heavy (non-hydrogen) atoms. The number of nitriles is 2. The molecule has 0 aromatic heterocycles. The lowest BCUT2D eigenvalue weighted by molar-refractivity contribution is -0.0854. The highest BCUT2D eigenvalue weighted by Crippen LogP contribution is 2.52. The summed E-state index contributed by atoms with van der Waals surface area (Å²) in [5.41, 5.74) is 4.03. The van der Waals surface area contributed by atoms with Crippen molar-refractivity contribution in [3.05, 3.63) is 116 Å². The third-order valence-electron chi connectivity index (χ3n) is 22.1. The van der Waals surface area contributed by atoms with Gasteiger partial charge in [0.15, 0.2) is 0 Å². The number of carbonyl (C=O) groups excluding carboxylic acids is 2. The number of fused-ring (bicyclic) bond motifs is 8. The molecule has 12 rings (SSSR count). The normalized spacial score (nSPS) is 33.4. The van der Waals surface area contributed by atoms with Crippen LogP contribution in [0.5, 0.6) is 11.5 Å². The van der Waals surface area contributed by atoms with Crippen LogP contribution in [0.4, 0.5) is 11.4 Å². The maximum Gasteiger partial charge on any atom is 0.264 e. The highest BCUT2D eigenvalue weighted by molar-refractivity contribution is 7.91. The van der Waals surface area contributed by atoms with Crippen LogP contribution in [0.3, 0.4) is 0 Å². The van der Waals surface area contributed by atoms with Crippen LogP contribution in [0.1, 0.15) is 173 Å². The molecule has 4 heterocycles. The summed E-state index contributed by atoms with van der Waals surface area (Å²) in [4.78, 5) is 31.4. The van der Waals surface area contributed by atoms with Gasteiger partial charge in [-0.25, -0.2) is 26.3 Å². The standard InChI is InChI=1S/2C34H42ClN3O5S/c2*1-22-5-3-14-34(40,15-16-36)29-10-7-26(29)19-38-20-33(13-4-6-24-17-27(35)9-11-28(24)33)21-43-31-12-8-25(18-30(31)38)32(39)37-44(41,42)23(22)2/h2*8-9,11-12,17-18,22-23,26,29,40H,3-7,10,13-15,19-21H2,1-2H3,(H,37,39)/t22-,23+,26-,29+,33-,34+;22-,23+,26-,29+,33-,34-/m00/s1. The van der Waals surface area contributed by atoms with Gasteiger partial charge >= 0.3 is 0 Å². The number of amides is 2. The van der Waals surface area contributed by atoms with E-state index in [1.807, 2.05) is 26.0 Å². The molecule has 4 N–H and O–H groups in total. The summed E-state index contributed by atoms with van der Waals surface area (Å²) in [6, 6.07) is 27.0. The van der Waals surface area contributed by atoms with E-state index in [1.165, 1.54) is 22.3 Å². The van der Waals surface area contributed by atoms with Crippen LogP contribution in [0.15, 0.2) is 72.8 Å². The van der Waals surface area contributed by atoms with Crippen LogP contribution in [0, 0.1) is 58.2 Å². The SMILES string of the molecule is C[C@@H]1[C@@H](C)CCC[C@@](O)(CC#N)[C@@H]2CC[C@H]2CN2C[C@@]3(CCCc4cc(Cl)ccc43)COc3ccc(cc32)C(=O)NS1(=O)=O.C[C@@H]1[C@@H](C)CCC[C@](O)(CC#N)[C@@H]2CC[C@H]2CN2C[C@@]3(CCCc4cc(Cl)ccc43)COc3ccc(cc32)C(=O)NS1(=O)=O. The molecule has 12 atom stereocenters. The number of aliphatic hydroxyl groups is 2. The first kappa shape index (κ1) is 63.9. The van der Waals surface area contributed by atoms with Gasteiger partial charge in [0.25, 0.3) is 11.8 Å². The Morgan fingerprint density at radius 1 is 0.568 bits per heavy atom. The van der Waals surface area contributed by atoms with E-state index in [2.05, 4.69) is 55.6 Å². The van der Waals surface area contributed by atoms with Gasteiger partial charge in [0.05, 0.1) is 71.3 Å². The zero-order valence-electron chi connectivity index (χ0n) is 51.0. The topological polar surface area (TPSA) is 239 Å². The van der Waals surface area contributed by atoms with Crippen molar-refractivity contribution < 1.29 is 46.1 Å². The molecule has 2 fully saturated rings. The Balaban J connectivity index is 0.000000182. The maximum absolute atomic E-state index is 13.4. The Morgan fingerprint density at radius 2 is 0.977 bits per heavy atom. The largest absolute Gasteiger partial charge is 0.490 e. The zero-order valence-corrected chi connectivity index (χ0v) is 54.2. The van der Waals surface area contributed by atoms with Crippen LogP contribution in [0.25, 0.3) is 0 Å². The predicted octanol–water partition coefficient (Wildman–Crippen LogP) is 11.5. The first-order chi connectivity index (χ1) is 41.9. The molecule has 8 aliphatic rings. The average Bonchev–Trinajstić information content (AvgIpc) is 1.91. The lowest BCUT2D eigenvalue weighted by Gasteiger charge is -2.49. The van der Waals surface area contributed by atoms with Gasteiger partial charge in [-0.1, -0.05) is 62.0 Å². The van der Waals surface area contributed by atoms with Crippen molar-refractivity contribution in [2.75, 3.05) is 49.2 Å². The Kier molecular flexibility index (Phi) is 18.3. The lowest BCUT2D eigenvalue weighted by atomic mass is 9.62. The van der Waals surface area contributed by atoms with Crippen LogP contribution in [-0.2, 0) is 43.7 Å². The van der Waals surface area contributed by atoms with E-state index < -0.39 is 53.6 Å². The van der Waals surface area contributed by atoms with Crippen LogP contribution >= 0.6 is 23.2 Å². The number of hydrogen-bond acceptors (Lipinski definition) is 14. The van der Waals surface area contributed by atoms with Crippen molar-refractivity contribution in [1.82, 2.24) is 9.44 Å². The van der Waals surface area contributed by atoms with Gasteiger partial charge in [0.1, 0.15) is 11.5 Å². The number of carbonyl (C=O) groups is 2. The highest BCUT2D eigenvalue weighted by atomic mass is 35.5. The second-order valence-electron chi connectivity index (χ2n) is 27.4. The van der Waals surface area contributed by atoms with Crippen molar-refractivity contribution in [3.63, 3.8) is 0 Å². The minimum atomic E-state index is -3.95. The maximum atomic E-state index is 13.4. The van der Waals surface area contributed by atoms with Gasteiger partial charge in [-0.2, -0.15) is 10.5 Å². The Hall–Kier alpha value is -5.60. The summed E-state index contributed by atoms with van der Waals surface area (Å²) in [6.45, 7) is 10.4. The molecule has 4 aliphatic heterocycles. The molecule has 2 saturated carbocycles. The van der Waals surface area contributed by atoms with Crippen molar-refractivity contribution in [3.8, 4) is 23.6 Å². The van der Waals surface area contributed by atoms with E-state index in [0.29, 0.717) is 99.5 Å². The molecule has 4 bridgehead atoms. The number of sulfonamides is 2. The summed E-state index contributed by atoms with van der Waals surface area (Å²) < 4.78 is 70.8. The summed E-state index contributed by atoms with van der Waals surface area (Å²) in [5, 5.41) is 43.1. The van der Waals surface area contributed by atoms with Gasteiger partial charge in [0.2, 0.25) is 20.0 Å². The van der Waals surface area contributed by atoms with E-state index in [9.17, 15) is 47.2 Å². The minimum absolute atomic E-state index is 0.0426. The Morgan fingerprint density at radius 3 is 1.35 bits per heavy atom. The Bertz CT molecular complexity index is 3420. The summed E-state index contributed by atoms with van der Waals surface area (Å²) in [7, 11) is -7.91. The fraction of sp³-hybridized carbons (Fsp3) is 0.588. The number of anilines is 2. The molecule has 4 aliphatic carbocycles. The van der Waals surface area contributed by atoms with E-state index in [4.69, 9.17) is 32.7 Å². The third kappa shape index (κ3) is 12.6. The van der Waals surface area contributed by atoms with Crippen LogP contribution in [-0.4, -0.2) is 100.0 Å². The van der Waals surface area contributed by atoms with Gasteiger partial charge in [0, 0.05) is 58.2 Å². The second kappa shape index (κ2) is 25.2. The monoisotopic (exact) mass is 1280 g/mol. The molecule has 16 nitrogen and oxygen atoms in total. The number of benzene rings is 4. The van der Waals surface area contributed by atoms with Gasteiger partial charge in [-0.15, -0.1) is 0 Å². The van der Waals surface area contributed by atoms with E-state index >= 15 is 0 Å². The lowest BCUT2D eigenvalue weighted by Crippen LogP contribution is -2.53. The fourth-order valence-electron chi connectivity index (χ4n) is 16.3. The van der Waals surface area contributed by atoms with Gasteiger partial charge in [-0.3, -0.25) is 9.59 Å². The summed E-state index contributed by atoms with van der Waals surface area (Å²) >= 11 is 12.8. The molecule has 0 saturated heterocycles. The van der Waals surface area contributed by atoms with Crippen molar-refractivity contribution in [1.29, 1.82) is 10.5 Å². The number of halogens is 2. The Labute approximate surface area is 529 Å². The molecular weight excluding hydrogens is 1200 g/mol. The number of aryl methyl sites for hydroxylation is 2. The van der Waals surface area contributed by atoms with Crippen LogP contribution in [0.2, 0.25) is 10.0 Å². The summed E-state index contributed by atoms with van der Waals surface area (Å²) in [5.74, 6) is -0.256. The fourth-order valence-corrected chi connectivity index (χ4v) is 19.3. The number of nitrogens with one attached hydrogen (secondary N) is 2. The molecule has 2 spiro atoms. The third-order valence-corrected chi connectivity index (χ3v) is 26.4. The van der Waals surface area contributed by atoms with Crippen molar-refractivity contribution >= 4 is 66.4 Å². The van der Waals surface area contributed by atoms with E-state index in [1.54, 1.807) is 50.2 Å². The van der Waals surface area contributed by atoms with Crippen LogP contribution < -0.4 is 28.7 Å². The number of rotatable bonds is 2. The minimum Gasteiger partial charge on any atom is -0.490 e. The van der Waals surface area contributed by atoms with Gasteiger partial charge < -0.3 is 29.5 Å². The quantitative estimate of drug-likeness (QED) is 0.146. The molecule has 4 aromatic carbocycles. The average molecular weight is 1280 g/mol. The molecular formula is C68H84Cl2N6O10S2. The number of nitrogens with zero attached hydrogens (tertiary/aromatic N) is 4. The van der Waals surface area contributed by atoms with E-state index in [-0.39, 0.29) is 70.3 Å². The molecule has 4 aromatic rings. The first-order valence-corrected chi connectivity index (χ1v) is 35.7. The molecule has 0 unspecified atom stereocenters. The molecule has 20 heteroatoms.